The Hall–Kier alpha value is -4.27. The van der Waals surface area contributed by atoms with Crippen LogP contribution < -0.4 is 16.4 Å². The van der Waals surface area contributed by atoms with E-state index in [1.165, 1.54) is 23.8 Å². The van der Waals surface area contributed by atoms with E-state index in [2.05, 4.69) is 30.6 Å². The number of H-pyrrole nitrogens is 2. The zero-order chi connectivity index (χ0) is 26.9. The molecule has 0 saturated carbocycles. The number of hydrogen-bond donors (Lipinski definition) is 7. The molecule has 0 aromatic carbocycles. The summed E-state index contributed by atoms with van der Waals surface area (Å²) >= 11 is 0. The highest BCUT2D eigenvalue weighted by atomic mass is 16.4. The maximum atomic E-state index is 13.2. The third-order valence-electron chi connectivity index (χ3n) is 6.02. The summed E-state index contributed by atoms with van der Waals surface area (Å²) in [4.78, 5) is 76.5. The van der Waals surface area contributed by atoms with Crippen molar-refractivity contribution in [3.05, 3.63) is 36.4 Å². The summed E-state index contributed by atoms with van der Waals surface area (Å²) < 4.78 is 0. The first kappa shape index (κ1) is 27.3. The van der Waals surface area contributed by atoms with Crippen LogP contribution in [-0.2, 0) is 36.8 Å². The van der Waals surface area contributed by atoms with Crippen LogP contribution in [0.3, 0.4) is 0 Å². The molecule has 0 radical (unpaired) electrons. The Morgan fingerprint density at radius 2 is 1.68 bits per heavy atom. The first-order valence-electron chi connectivity index (χ1n) is 11.7. The molecule has 3 amide bonds. The van der Waals surface area contributed by atoms with Crippen molar-refractivity contribution < 1.29 is 34.2 Å². The van der Waals surface area contributed by atoms with Gasteiger partial charge in [0.25, 0.3) is 0 Å². The number of imidazole rings is 2. The van der Waals surface area contributed by atoms with Crippen molar-refractivity contribution in [1.82, 2.24) is 35.5 Å². The van der Waals surface area contributed by atoms with Crippen molar-refractivity contribution in [3.8, 4) is 0 Å². The minimum Gasteiger partial charge on any atom is -0.481 e. The van der Waals surface area contributed by atoms with Gasteiger partial charge in [0.05, 0.1) is 18.7 Å². The van der Waals surface area contributed by atoms with Crippen molar-refractivity contribution in [2.75, 3.05) is 6.54 Å². The Morgan fingerprint density at radius 3 is 2.24 bits per heavy atom. The van der Waals surface area contributed by atoms with E-state index >= 15 is 0 Å². The fourth-order valence-corrected chi connectivity index (χ4v) is 4.13. The van der Waals surface area contributed by atoms with E-state index in [4.69, 9.17) is 10.8 Å². The Morgan fingerprint density at radius 1 is 1.03 bits per heavy atom. The Labute approximate surface area is 211 Å². The second kappa shape index (κ2) is 12.6. The fraction of sp³-hybridized carbons (Fsp3) is 0.500. The van der Waals surface area contributed by atoms with E-state index in [0.717, 1.165) is 0 Å². The van der Waals surface area contributed by atoms with E-state index < -0.39 is 60.2 Å². The predicted molar refractivity (Wildman–Crippen MR) is 126 cm³/mol. The van der Waals surface area contributed by atoms with Crippen LogP contribution >= 0.6 is 0 Å². The van der Waals surface area contributed by atoms with Gasteiger partial charge in [0.2, 0.25) is 17.7 Å². The van der Waals surface area contributed by atoms with E-state index in [9.17, 15) is 29.1 Å². The number of nitrogens with two attached hydrogens (primary N) is 1. The lowest BCUT2D eigenvalue weighted by Crippen LogP contribution is -2.57. The van der Waals surface area contributed by atoms with Crippen molar-refractivity contribution in [2.24, 2.45) is 5.73 Å². The topological polar surface area (TPSA) is 236 Å². The normalized spacial score (nSPS) is 17.5. The molecule has 15 nitrogen and oxygen atoms in total. The van der Waals surface area contributed by atoms with Gasteiger partial charge in [0, 0.05) is 49.6 Å². The zero-order valence-corrected chi connectivity index (χ0v) is 19.9. The van der Waals surface area contributed by atoms with Gasteiger partial charge in [-0.2, -0.15) is 0 Å². The van der Waals surface area contributed by atoms with Crippen LogP contribution in [-0.4, -0.2) is 95.4 Å². The van der Waals surface area contributed by atoms with Crippen LogP contribution in [0.1, 0.15) is 37.1 Å². The molecular weight excluding hydrogens is 488 g/mol. The zero-order valence-electron chi connectivity index (χ0n) is 19.9. The minimum absolute atomic E-state index is 0.0388. The Balaban J connectivity index is 1.69. The van der Waals surface area contributed by atoms with Crippen LogP contribution in [0.5, 0.6) is 0 Å². The van der Waals surface area contributed by atoms with E-state index in [-0.39, 0.29) is 19.3 Å². The number of aliphatic carboxylic acids is 2. The average Bonchev–Trinajstić information content (AvgIpc) is 3.63. The first-order valence-corrected chi connectivity index (χ1v) is 11.7. The smallest absolute Gasteiger partial charge is 0.326 e. The van der Waals surface area contributed by atoms with Gasteiger partial charge in [-0.3, -0.25) is 19.2 Å². The van der Waals surface area contributed by atoms with Gasteiger partial charge in [0.1, 0.15) is 18.1 Å². The van der Waals surface area contributed by atoms with Gasteiger partial charge in [-0.1, -0.05) is 0 Å². The molecule has 37 heavy (non-hydrogen) atoms. The van der Waals surface area contributed by atoms with Crippen molar-refractivity contribution in [2.45, 2.75) is 62.7 Å². The molecule has 0 aliphatic carbocycles. The summed E-state index contributed by atoms with van der Waals surface area (Å²) in [7, 11) is 0. The molecule has 1 saturated heterocycles. The summed E-state index contributed by atoms with van der Waals surface area (Å²) in [6, 6.07) is -4.44. The molecule has 2 aromatic rings. The number of aromatic amines is 2. The molecule has 3 rings (SSSR count). The average molecular weight is 519 g/mol. The SMILES string of the molecule is NC(Cc1cnc[nH]1)C(=O)N1CCCC1C(=O)NC(Cc1cnc[nH]1)C(=O)NC(CCC(=O)O)C(=O)O. The highest BCUT2D eigenvalue weighted by molar-refractivity contribution is 5.94. The largest absolute Gasteiger partial charge is 0.481 e. The summed E-state index contributed by atoms with van der Waals surface area (Å²) in [6.07, 6.45) is 6.17. The highest BCUT2D eigenvalue weighted by Crippen LogP contribution is 2.19. The van der Waals surface area contributed by atoms with Crippen molar-refractivity contribution >= 4 is 29.7 Å². The maximum absolute atomic E-state index is 13.2. The van der Waals surface area contributed by atoms with Crippen LogP contribution in [0.15, 0.2) is 25.0 Å². The number of carboxylic acids is 2. The molecule has 2 aromatic heterocycles. The van der Waals surface area contributed by atoms with Crippen LogP contribution in [0.4, 0.5) is 0 Å². The number of carbonyl (C=O) groups is 5. The van der Waals surface area contributed by atoms with Crippen LogP contribution in [0.2, 0.25) is 0 Å². The van der Waals surface area contributed by atoms with E-state index in [0.29, 0.717) is 30.8 Å². The van der Waals surface area contributed by atoms with Gasteiger partial charge >= 0.3 is 11.9 Å². The van der Waals surface area contributed by atoms with E-state index in [1.807, 2.05) is 0 Å². The van der Waals surface area contributed by atoms with Gasteiger partial charge in [-0.15, -0.1) is 0 Å². The molecule has 1 aliphatic rings. The summed E-state index contributed by atoms with van der Waals surface area (Å²) in [6.45, 7) is 0.321. The number of amides is 3. The molecule has 4 atom stereocenters. The summed E-state index contributed by atoms with van der Waals surface area (Å²) in [5.74, 6) is -4.43. The van der Waals surface area contributed by atoms with Gasteiger partial charge in [-0.05, 0) is 19.3 Å². The molecule has 0 bridgehead atoms. The molecular formula is C22H30N8O7. The number of rotatable bonds is 13. The molecule has 8 N–H and O–H groups in total. The second-order valence-electron chi connectivity index (χ2n) is 8.75. The van der Waals surface area contributed by atoms with E-state index in [1.54, 1.807) is 6.20 Å². The maximum Gasteiger partial charge on any atom is 0.326 e. The Kier molecular flexibility index (Phi) is 9.32. The number of likely N-dealkylation sites (tertiary alicyclic amines) is 1. The predicted octanol–water partition coefficient (Wildman–Crippen LogP) is -1.84. The number of hydrogen-bond acceptors (Lipinski definition) is 8. The molecule has 15 heteroatoms. The molecule has 4 unspecified atom stereocenters. The minimum atomic E-state index is -1.46. The number of nitrogens with one attached hydrogen (secondary N) is 4. The summed E-state index contributed by atoms with van der Waals surface area (Å²) in [5.41, 5.74) is 7.25. The first-order chi connectivity index (χ1) is 17.7. The number of aromatic nitrogens is 4. The Bertz CT molecular complexity index is 1090. The van der Waals surface area contributed by atoms with Crippen molar-refractivity contribution in [3.63, 3.8) is 0 Å². The van der Waals surface area contributed by atoms with Crippen molar-refractivity contribution in [1.29, 1.82) is 0 Å². The summed E-state index contributed by atoms with van der Waals surface area (Å²) in [5, 5.41) is 23.2. The van der Waals surface area contributed by atoms with Crippen LogP contribution in [0, 0.1) is 0 Å². The quantitative estimate of drug-likeness (QED) is 0.156. The molecule has 200 valence electrons. The fourth-order valence-electron chi connectivity index (χ4n) is 4.13. The number of nitrogens with zero attached hydrogens (tertiary/aromatic N) is 3. The number of carbonyl (C=O) groups excluding carboxylic acids is 3. The monoisotopic (exact) mass is 518 g/mol. The number of carboxylic acid groups (broad SMARTS) is 2. The standard InChI is InChI=1S/C22H30N8O7/c23-14(6-12-8-24-10-26-12)21(35)30-5-1-2-17(30)20(34)29-16(7-13-9-25-11-27-13)19(33)28-15(22(36)37)3-4-18(31)32/h8-11,14-17H,1-7,23H2,(H,24,26)(H,25,27)(H,28,33)(H,29,34)(H,31,32)(H,36,37). The third kappa shape index (κ3) is 7.60. The van der Waals surface area contributed by atoms with Crippen LogP contribution in [0.25, 0.3) is 0 Å². The van der Waals surface area contributed by atoms with Gasteiger partial charge in [0.15, 0.2) is 0 Å². The molecule has 1 aliphatic heterocycles. The molecule has 1 fully saturated rings. The highest BCUT2D eigenvalue weighted by Gasteiger charge is 2.38. The lowest BCUT2D eigenvalue weighted by Gasteiger charge is -2.28. The lowest BCUT2D eigenvalue weighted by molar-refractivity contribution is -0.144. The lowest BCUT2D eigenvalue weighted by atomic mass is 10.1. The van der Waals surface area contributed by atoms with Gasteiger partial charge < -0.3 is 41.4 Å². The molecule has 0 spiro atoms. The van der Waals surface area contributed by atoms with Gasteiger partial charge in [-0.25, -0.2) is 14.8 Å². The second-order valence-corrected chi connectivity index (χ2v) is 8.75. The third-order valence-corrected chi connectivity index (χ3v) is 6.02. The molecule has 3 heterocycles.